The van der Waals surface area contributed by atoms with E-state index in [1.54, 1.807) is 6.08 Å². The molecule has 15 rings (SSSR count). The van der Waals surface area contributed by atoms with E-state index in [1.807, 2.05) is 18.2 Å². The van der Waals surface area contributed by atoms with Gasteiger partial charge in [0, 0.05) is 65.7 Å². The van der Waals surface area contributed by atoms with E-state index in [-0.39, 0.29) is 0 Å². The van der Waals surface area contributed by atoms with Crippen molar-refractivity contribution in [3.63, 3.8) is 0 Å². The Morgan fingerprint density at radius 1 is 0.341 bits per heavy atom. The topological polar surface area (TPSA) is 40.6 Å². The van der Waals surface area contributed by atoms with Crippen LogP contribution in [0.15, 0.2) is 298 Å². The first-order chi connectivity index (χ1) is 40.6. The van der Waals surface area contributed by atoms with Crippen molar-refractivity contribution in [3.8, 4) is 73.1 Å². The van der Waals surface area contributed by atoms with Crippen LogP contribution in [0, 0.1) is 0 Å². The Labute approximate surface area is 475 Å². The van der Waals surface area contributed by atoms with Gasteiger partial charge in [0.25, 0.3) is 0 Å². The highest BCUT2D eigenvalue weighted by atomic mass is 15.0. The van der Waals surface area contributed by atoms with E-state index in [2.05, 4.69) is 294 Å². The molecule has 5 heteroatoms. The van der Waals surface area contributed by atoms with Crippen LogP contribution in [0.4, 0.5) is 0 Å². The predicted molar refractivity (Wildman–Crippen MR) is 345 cm³/mol. The zero-order chi connectivity index (χ0) is 54.7. The van der Waals surface area contributed by atoms with Crippen molar-refractivity contribution < 1.29 is 0 Å². The van der Waals surface area contributed by atoms with Gasteiger partial charge in [0.1, 0.15) is 0 Å². The summed E-state index contributed by atoms with van der Waals surface area (Å²) in [4.78, 5) is 10.9. The minimum Gasteiger partial charge on any atom is -0.309 e. The van der Waals surface area contributed by atoms with Crippen LogP contribution in [-0.4, -0.2) is 23.7 Å². The Bertz CT molecular complexity index is 4780. The van der Waals surface area contributed by atoms with Crippen LogP contribution in [0.1, 0.15) is 12.6 Å². The van der Waals surface area contributed by atoms with Crippen molar-refractivity contribution in [2.24, 2.45) is 0 Å². The van der Waals surface area contributed by atoms with E-state index in [1.165, 1.54) is 43.4 Å². The van der Waals surface area contributed by atoms with E-state index in [4.69, 9.17) is 9.97 Å². The zero-order valence-corrected chi connectivity index (χ0v) is 45.2. The summed E-state index contributed by atoms with van der Waals surface area (Å²) >= 11 is 0. The second-order valence-electron chi connectivity index (χ2n) is 20.9. The number of hydrogen-bond donors (Lipinski definition) is 0. The number of para-hydroxylation sites is 7. The minimum absolute atomic E-state index is 0.647. The summed E-state index contributed by atoms with van der Waals surface area (Å²) in [6.45, 7) is 6.05. The van der Waals surface area contributed by atoms with Gasteiger partial charge in [-0.15, -0.1) is 0 Å². The lowest BCUT2D eigenvalue weighted by molar-refractivity contribution is 1.14. The average molecular weight is 1050 g/mol. The maximum atomic E-state index is 5.57. The van der Waals surface area contributed by atoms with E-state index in [0.717, 1.165) is 101 Å². The molecule has 5 nitrogen and oxygen atoms in total. The maximum Gasteiger partial charge on any atom is 0.160 e. The van der Waals surface area contributed by atoms with Crippen LogP contribution in [0.2, 0.25) is 0 Å². The van der Waals surface area contributed by atoms with Gasteiger partial charge in [0.05, 0.1) is 61.6 Å². The Morgan fingerprint density at radius 3 is 1.28 bits per heavy atom. The van der Waals surface area contributed by atoms with Gasteiger partial charge < -0.3 is 13.7 Å². The molecule has 0 saturated heterocycles. The number of rotatable bonds is 11. The summed E-state index contributed by atoms with van der Waals surface area (Å²) < 4.78 is 7.46. The third kappa shape index (κ3) is 8.01. The van der Waals surface area contributed by atoms with Gasteiger partial charge in [-0.2, -0.15) is 0 Å². The van der Waals surface area contributed by atoms with Crippen LogP contribution in [0.25, 0.3) is 144 Å². The lowest BCUT2D eigenvalue weighted by Crippen LogP contribution is -2.06. The van der Waals surface area contributed by atoms with Crippen LogP contribution < -0.4 is 0 Å². The third-order valence-electron chi connectivity index (χ3n) is 16.2. The molecule has 0 radical (unpaired) electrons. The molecular weight excluding hydrogens is 995 g/mol. The van der Waals surface area contributed by atoms with Crippen LogP contribution in [0.5, 0.6) is 0 Å². The van der Waals surface area contributed by atoms with Gasteiger partial charge in [-0.25, -0.2) is 9.97 Å². The van der Waals surface area contributed by atoms with E-state index in [9.17, 15) is 0 Å². The standard InChI is InChI=1S/C77H53N5/c1-3-4-7-26-51(2)66-50-67(79-77(78-66)53-29-10-6-11-30-53)55-48-64(61-36-17-23-42-72(61)80-68-38-19-12-31-56(68)57-32-13-20-39-69(57)80)76(82-74-44-25-16-35-60(74)63-47-54(45-46-75(63)82)52-27-8-5-9-28-52)65(49-55)62-37-18-24-43-73(62)81-70-40-21-14-33-58(70)59-34-15-22-41-71(59)81/h3-50H,1H2,2H3/b7-4-,51-26+. The Hall–Kier alpha value is -10.9. The lowest BCUT2D eigenvalue weighted by atomic mass is 9.90. The molecule has 0 aliphatic rings. The van der Waals surface area contributed by atoms with E-state index >= 15 is 0 Å². The molecule has 0 saturated carbocycles. The molecule has 0 aliphatic heterocycles. The first-order valence-electron chi connectivity index (χ1n) is 27.9. The van der Waals surface area contributed by atoms with Crippen molar-refractivity contribution in [2.75, 3.05) is 0 Å². The molecule has 0 spiro atoms. The highest BCUT2D eigenvalue weighted by Gasteiger charge is 2.27. The molecule has 0 amide bonds. The second-order valence-corrected chi connectivity index (χ2v) is 20.9. The monoisotopic (exact) mass is 1050 g/mol. The highest BCUT2D eigenvalue weighted by molar-refractivity contribution is 6.14. The number of hydrogen-bond acceptors (Lipinski definition) is 2. The molecule has 15 aromatic rings. The SMILES string of the molecule is C=C/C=C\C=C(/C)c1cc(-c2cc(-c3ccccc3-n3c4ccccc4c4ccccc43)c(-n3c4ccccc4c4cc(-c5ccccc5)ccc43)c(-c3ccccc3-n3c4ccccc4c4ccccc43)c2)nc(-c2ccccc2)n1. The summed E-state index contributed by atoms with van der Waals surface area (Å²) in [6, 6.07) is 97.0. The molecule has 386 valence electrons. The molecule has 0 aliphatic carbocycles. The first-order valence-corrected chi connectivity index (χ1v) is 27.9. The van der Waals surface area contributed by atoms with Crippen LogP contribution in [0.3, 0.4) is 0 Å². The lowest BCUT2D eigenvalue weighted by Gasteiger charge is -2.24. The molecule has 0 fully saturated rings. The summed E-state index contributed by atoms with van der Waals surface area (Å²) in [6.07, 6.45) is 7.85. The van der Waals surface area contributed by atoms with Gasteiger partial charge in [-0.1, -0.05) is 225 Å². The molecular formula is C77H53N5. The molecule has 0 atom stereocenters. The summed E-state index contributed by atoms with van der Waals surface area (Å²) in [5.74, 6) is 0.647. The Kier molecular flexibility index (Phi) is 11.8. The fourth-order valence-electron chi connectivity index (χ4n) is 12.5. The number of nitrogens with zero attached hydrogens (tertiary/aromatic N) is 5. The summed E-state index contributed by atoms with van der Waals surface area (Å²) in [7, 11) is 0. The van der Waals surface area contributed by atoms with Crippen molar-refractivity contribution in [2.45, 2.75) is 6.92 Å². The fourth-order valence-corrected chi connectivity index (χ4v) is 12.5. The Balaban J connectivity index is 1.13. The smallest absolute Gasteiger partial charge is 0.160 e. The summed E-state index contributed by atoms with van der Waals surface area (Å²) in [5.41, 5.74) is 21.0. The predicted octanol–water partition coefficient (Wildman–Crippen LogP) is 20.2. The van der Waals surface area contributed by atoms with Gasteiger partial charge >= 0.3 is 0 Å². The van der Waals surface area contributed by atoms with Gasteiger partial charge in [-0.05, 0) is 96.4 Å². The molecule has 0 bridgehead atoms. The van der Waals surface area contributed by atoms with Crippen LogP contribution in [-0.2, 0) is 0 Å². The number of benzene rings is 11. The third-order valence-corrected chi connectivity index (χ3v) is 16.2. The van der Waals surface area contributed by atoms with E-state index in [0.29, 0.717) is 5.82 Å². The molecule has 4 aromatic heterocycles. The van der Waals surface area contributed by atoms with Crippen molar-refractivity contribution in [3.05, 3.63) is 303 Å². The second kappa shape index (κ2) is 20.1. The van der Waals surface area contributed by atoms with Gasteiger partial charge in [-0.3, -0.25) is 0 Å². The maximum absolute atomic E-state index is 5.57. The van der Waals surface area contributed by atoms with Gasteiger partial charge in [0.2, 0.25) is 0 Å². The zero-order valence-electron chi connectivity index (χ0n) is 45.2. The largest absolute Gasteiger partial charge is 0.309 e. The normalized spacial score (nSPS) is 12.0. The quantitative estimate of drug-likeness (QED) is 0.121. The number of aromatic nitrogens is 5. The molecule has 0 unspecified atom stereocenters. The van der Waals surface area contributed by atoms with Crippen molar-refractivity contribution in [1.82, 2.24) is 23.7 Å². The Morgan fingerprint density at radius 2 is 0.768 bits per heavy atom. The minimum atomic E-state index is 0.647. The van der Waals surface area contributed by atoms with Gasteiger partial charge in [0.15, 0.2) is 5.82 Å². The molecule has 0 N–H and O–H groups in total. The molecule has 11 aromatic carbocycles. The number of fused-ring (bicyclic) bond motifs is 9. The highest BCUT2D eigenvalue weighted by Crippen LogP contribution is 2.49. The van der Waals surface area contributed by atoms with Crippen LogP contribution >= 0.6 is 0 Å². The average Bonchev–Trinajstić information content (AvgIpc) is 2.95. The molecule has 4 heterocycles. The van der Waals surface area contributed by atoms with Crippen molar-refractivity contribution >= 4 is 71.0 Å². The first kappa shape index (κ1) is 48.3. The number of allylic oxidation sites excluding steroid dienone is 5. The van der Waals surface area contributed by atoms with E-state index < -0.39 is 0 Å². The van der Waals surface area contributed by atoms with Crippen molar-refractivity contribution in [1.29, 1.82) is 0 Å². The summed E-state index contributed by atoms with van der Waals surface area (Å²) in [5, 5.41) is 7.15. The molecule has 82 heavy (non-hydrogen) atoms. The fraction of sp³-hybridized carbons (Fsp3) is 0.0130.